The monoisotopic (exact) mass is 344 g/mol. The Morgan fingerprint density at radius 2 is 1.84 bits per heavy atom. The van der Waals surface area contributed by atoms with Crippen LogP contribution >= 0.6 is 0 Å². The van der Waals surface area contributed by atoms with Crippen molar-refractivity contribution in [3.63, 3.8) is 0 Å². The molecule has 0 fully saturated rings. The van der Waals surface area contributed by atoms with Gasteiger partial charge in [-0.15, -0.1) is 0 Å². The van der Waals surface area contributed by atoms with Gasteiger partial charge in [-0.3, -0.25) is 0 Å². The second kappa shape index (κ2) is 5.44. The smallest absolute Gasteiger partial charge is 0.345 e. The van der Waals surface area contributed by atoms with E-state index in [9.17, 15) is 13.2 Å². The molecule has 0 aliphatic heterocycles. The Morgan fingerprint density at radius 3 is 2.64 bits per heavy atom. The van der Waals surface area contributed by atoms with Crippen molar-refractivity contribution in [2.75, 3.05) is 0 Å². The summed E-state index contributed by atoms with van der Waals surface area (Å²) in [5.41, 5.74) is 1.91. The maximum atomic E-state index is 13.1. The first-order valence-corrected chi connectivity index (χ1v) is 7.37. The minimum atomic E-state index is -4.44. The molecule has 126 valence electrons. The fraction of sp³-hybridized carbons (Fsp3) is 0.118. The van der Waals surface area contributed by atoms with Gasteiger partial charge in [-0.2, -0.15) is 18.2 Å². The van der Waals surface area contributed by atoms with Crippen molar-refractivity contribution >= 4 is 11.0 Å². The van der Waals surface area contributed by atoms with E-state index >= 15 is 0 Å². The van der Waals surface area contributed by atoms with E-state index < -0.39 is 11.7 Å². The van der Waals surface area contributed by atoms with Gasteiger partial charge in [-0.05, 0) is 42.8 Å². The van der Waals surface area contributed by atoms with Gasteiger partial charge in [-0.25, -0.2) is 4.98 Å². The Labute approximate surface area is 139 Å². The van der Waals surface area contributed by atoms with Gasteiger partial charge in [0.25, 0.3) is 5.89 Å². The number of aromatic amines is 1. The summed E-state index contributed by atoms with van der Waals surface area (Å²) >= 11 is 0. The lowest BCUT2D eigenvalue weighted by Gasteiger charge is -2.10. The van der Waals surface area contributed by atoms with Crippen molar-refractivity contribution in [3.8, 4) is 22.8 Å². The molecule has 0 spiro atoms. The van der Waals surface area contributed by atoms with E-state index in [4.69, 9.17) is 4.52 Å². The minimum absolute atomic E-state index is 0.0326. The van der Waals surface area contributed by atoms with E-state index in [0.29, 0.717) is 11.4 Å². The van der Waals surface area contributed by atoms with Crippen LogP contribution in [0.2, 0.25) is 0 Å². The van der Waals surface area contributed by atoms with Gasteiger partial charge in [0.1, 0.15) is 0 Å². The third-order valence-corrected chi connectivity index (χ3v) is 3.89. The molecule has 2 heterocycles. The van der Waals surface area contributed by atoms with Crippen LogP contribution < -0.4 is 0 Å². The number of benzene rings is 2. The first-order chi connectivity index (χ1) is 11.9. The SMILES string of the molecule is Cc1ccc(-c2nc(-c3ccc4nc[nH]c4c3)no2)cc1C(F)(F)F. The van der Waals surface area contributed by atoms with Gasteiger partial charge in [0.05, 0.1) is 22.9 Å². The van der Waals surface area contributed by atoms with Crippen LogP contribution in [-0.2, 0) is 6.18 Å². The summed E-state index contributed by atoms with van der Waals surface area (Å²) in [7, 11) is 0. The Hall–Kier alpha value is -3.16. The zero-order valence-electron chi connectivity index (χ0n) is 12.9. The molecule has 8 heteroatoms. The summed E-state index contributed by atoms with van der Waals surface area (Å²) in [5, 5.41) is 3.87. The number of aromatic nitrogens is 4. The van der Waals surface area contributed by atoms with Gasteiger partial charge in [0.2, 0.25) is 5.82 Å². The highest BCUT2D eigenvalue weighted by molar-refractivity contribution is 5.80. The molecule has 0 atom stereocenters. The van der Waals surface area contributed by atoms with Crippen LogP contribution in [0.4, 0.5) is 13.2 Å². The minimum Gasteiger partial charge on any atom is -0.345 e. The number of nitrogens with zero attached hydrogens (tertiary/aromatic N) is 3. The standard InChI is InChI=1S/C17H11F3N4O/c1-9-2-3-11(6-12(9)17(18,19)20)16-23-15(24-25-16)10-4-5-13-14(7-10)22-8-21-13/h2-8H,1H3,(H,21,22). The highest BCUT2D eigenvalue weighted by atomic mass is 19.4. The number of alkyl halides is 3. The van der Waals surface area contributed by atoms with Crippen molar-refractivity contribution in [3.05, 3.63) is 53.9 Å². The second-order valence-electron chi connectivity index (χ2n) is 5.59. The zero-order chi connectivity index (χ0) is 17.6. The van der Waals surface area contributed by atoms with E-state index in [-0.39, 0.29) is 17.0 Å². The first-order valence-electron chi connectivity index (χ1n) is 7.37. The predicted octanol–water partition coefficient (Wildman–Crippen LogP) is 4.61. The predicted molar refractivity (Wildman–Crippen MR) is 84.6 cm³/mol. The molecule has 25 heavy (non-hydrogen) atoms. The zero-order valence-corrected chi connectivity index (χ0v) is 12.9. The molecular weight excluding hydrogens is 333 g/mol. The van der Waals surface area contributed by atoms with E-state index in [1.165, 1.54) is 19.1 Å². The van der Waals surface area contributed by atoms with Crippen molar-refractivity contribution in [2.24, 2.45) is 0 Å². The lowest BCUT2D eigenvalue weighted by molar-refractivity contribution is -0.138. The lowest BCUT2D eigenvalue weighted by Crippen LogP contribution is -2.07. The average Bonchev–Trinajstić information content (AvgIpc) is 3.22. The van der Waals surface area contributed by atoms with Crippen LogP contribution in [-0.4, -0.2) is 20.1 Å². The molecule has 2 aromatic carbocycles. The topological polar surface area (TPSA) is 67.6 Å². The summed E-state index contributed by atoms with van der Waals surface area (Å²) in [5.74, 6) is 0.325. The third kappa shape index (κ3) is 2.75. The number of rotatable bonds is 2. The number of halogens is 3. The van der Waals surface area contributed by atoms with Gasteiger partial charge in [0, 0.05) is 11.1 Å². The Bertz CT molecular complexity index is 1070. The number of fused-ring (bicyclic) bond motifs is 1. The maximum Gasteiger partial charge on any atom is 0.416 e. The van der Waals surface area contributed by atoms with E-state index in [1.807, 2.05) is 0 Å². The summed E-state index contributed by atoms with van der Waals surface area (Å²) < 4.78 is 44.3. The molecule has 1 N–H and O–H groups in total. The Balaban J connectivity index is 1.74. The Kier molecular flexibility index (Phi) is 3.34. The van der Waals surface area contributed by atoms with Crippen LogP contribution in [0, 0.1) is 6.92 Å². The number of hydrogen-bond acceptors (Lipinski definition) is 4. The number of hydrogen-bond donors (Lipinski definition) is 1. The fourth-order valence-electron chi connectivity index (χ4n) is 2.59. The molecule has 0 saturated heterocycles. The van der Waals surface area contributed by atoms with Crippen LogP contribution in [0.15, 0.2) is 47.2 Å². The van der Waals surface area contributed by atoms with Crippen molar-refractivity contribution in [1.29, 1.82) is 0 Å². The highest BCUT2D eigenvalue weighted by Crippen LogP contribution is 2.34. The highest BCUT2D eigenvalue weighted by Gasteiger charge is 2.33. The largest absolute Gasteiger partial charge is 0.416 e. The van der Waals surface area contributed by atoms with E-state index in [2.05, 4.69) is 20.1 Å². The van der Waals surface area contributed by atoms with Gasteiger partial charge >= 0.3 is 6.18 Å². The Morgan fingerprint density at radius 1 is 1.04 bits per heavy atom. The molecule has 0 bridgehead atoms. The first kappa shape index (κ1) is 15.4. The molecule has 0 aliphatic rings. The normalized spacial score (nSPS) is 12.0. The molecule has 0 saturated carbocycles. The maximum absolute atomic E-state index is 13.1. The average molecular weight is 344 g/mol. The molecule has 0 radical (unpaired) electrons. The lowest BCUT2D eigenvalue weighted by atomic mass is 10.0. The molecule has 2 aromatic heterocycles. The molecule has 4 rings (SSSR count). The van der Waals surface area contributed by atoms with E-state index in [0.717, 1.165) is 17.1 Å². The number of H-pyrrole nitrogens is 1. The van der Waals surface area contributed by atoms with Gasteiger partial charge in [-0.1, -0.05) is 11.2 Å². The summed E-state index contributed by atoms with van der Waals surface area (Å²) in [4.78, 5) is 11.3. The number of aryl methyl sites for hydroxylation is 1. The van der Waals surface area contributed by atoms with Gasteiger partial charge < -0.3 is 9.51 Å². The van der Waals surface area contributed by atoms with Crippen molar-refractivity contribution in [1.82, 2.24) is 20.1 Å². The summed E-state index contributed by atoms with van der Waals surface area (Å²) in [6, 6.07) is 9.30. The molecular formula is C17H11F3N4O. The summed E-state index contributed by atoms with van der Waals surface area (Å²) in [6.45, 7) is 1.41. The van der Waals surface area contributed by atoms with Crippen molar-refractivity contribution in [2.45, 2.75) is 13.1 Å². The van der Waals surface area contributed by atoms with Crippen LogP contribution in [0.5, 0.6) is 0 Å². The van der Waals surface area contributed by atoms with Crippen LogP contribution in [0.3, 0.4) is 0 Å². The van der Waals surface area contributed by atoms with Crippen LogP contribution in [0.1, 0.15) is 11.1 Å². The molecule has 0 amide bonds. The van der Waals surface area contributed by atoms with Crippen LogP contribution in [0.25, 0.3) is 33.9 Å². The molecule has 5 nitrogen and oxygen atoms in total. The van der Waals surface area contributed by atoms with E-state index in [1.54, 1.807) is 24.5 Å². The number of nitrogens with one attached hydrogen (secondary N) is 1. The van der Waals surface area contributed by atoms with Gasteiger partial charge in [0.15, 0.2) is 0 Å². The summed E-state index contributed by atoms with van der Waals surface area (Å²) in [6.07, 6.45) is -2.87. The second-order valence-corrected chi connectivity index (χ2v) is 5.59. The fourth-order valence-corrected chi connectivity index (χ4v) is 2.59. The molecule has 0 aliphatic carbocycles. The molecule has 0 unspecified atom stereocenters. The third-order valence-electron chi connectivity index (χ3n) is 3.89. The quantitative estimate of drug-likeness (QED) is 0.577. The molecule has 4 aromatic rings. The van der Waals surface area contributed by atoms with Crippen molar-refractivity contribution < 1.29 is 17.7 Å². The number of imidazole rings is 1.